The number of amides is 1. The molecule has 1 N–H and O–H groups in total. The lowest BCUT2D eigenvalue weighted by atomic mass is 10.1. The lowest BCUT2D eigenvalue weighted by Gasteiger charge is -2.33. The van der Waals surface area contributed by atoms with Crippen molar-refractivity contribution >= 4 is 17.2 Å². The molecule has 0 radical (unpaired) electrons. The van der Waals surface area contributed by atoms with Crippen LogP contribution in [0.4, 0.5) is 0 Å². The molecule has 2 aromatic heterocycles. The number of ether oxygens (including phenoxy) is 1. The SMILES string of the molecule is O=C(NCC(c1ccco1)N1CCCCC1)c1cc2c(s1)-c1ccccc1OC2. The molecular formula is C23H24N2O3S. The van der Waals surface area contributed by atoms with Gasteiger partial charge < -0.3 is 14.5 Å². The summed E-state index contributed by atoms with van der Waals surface area (Å²) in [5.41, 5.74) is 2.15. The predicted octanol–water partition coefficient (Wildman–Crippen LogP) is 4.86. The molecule has 2 aliphatic rings. The molecule has 5 rings (SSSR count). The van der Waals surface area contributed by atoms with E-state index in [0.717, 1.165) is 45.5 Å². The lowest BCUT2D eigenvalue weighted by molar-refractivity contribution is 0.0918. The molecule has 5 nitrogen and oxygen atoms in total. The van der Waals surface area contributed by atoms with Crippen LogP contribution >= 0.6 is 11.3 Å². The average Bonchev–Trinajstić information content (AvgIpc) is 3.45. The van der Waals surface area contributed by atoms with Crippen LogP contribution in [0.15, 0.2) is 53.1 Å². The van der Waals surface area contributed by atoms with Crippen LogP contribution in [0, 0.1) is 0 Å². The molecule has 150 valence electrons. The van der Waals surface area contributed by atoms with Crippen molar-refractivity contribution in [3.8, 4) is 16.2 Å². The second-order valence-electron chi connectivity index (χ2n) is 7.59. The third-order valence-electron chi connectivity index (χ3n) is 5.71. The highest BCUT2D eigenvalue weighted by atomic mass is 32.1. The Balaban J connectivity index is 1.32. The molecule has 1 atom stereocenters. The summed E-state index contributed by atoms with van der Waals surface area (Å²) in [4.78, 5) is 17.2. The highest BCUT2D eigenvalue weighted by Crippen LogP contribution is 2.42. The number of furan rings is 1. The first-order chi connectivity index (χ1) is 14.3. The number of piperidine rings is 1. The molecule has 1 saturated heterocycles. The minimum atomic E-state index is -0.0320. The van der Waals surface area contributed by atoms with Crippen molar-refractivity contribution in [1.29, 1.82) is 0 Å². The number of likely N-dealkylation sites (tertiary alicyclic amines) is 1. The van der Waals surface area contributed by atoms with Crippen molar-refractivity contribution < 1.29 is 13.9 Å². The third-order valence-corrected chi connectivity index (χ3v) is 6.92. The number of nitrogens with zero attached hydrogens (tertiary/aromatic N) is 1. The van der Waals surface area contributed by atoms with E-state index in [2.05, 4.69) is 16.3 Å². The Morgan fingerprint density at radius 3 is 2.83 bits per heavy atom. The van der Waals surface area contributed by atoms with Gasteiger partial charge >= 0.3 is 0 Å². The Labute approximate surface area is 174 Å². The van der Waals surface area contributed by atoms with Gasteiger partial charge in [0.2, 0.25) is 0 Å². The number of benzene rings is 1. The summed E-state index contributed by atoms with van der Waals surface area (Å²) in [6.45, 7) is 3.15. The summed E-state index contributed by atoms with van der Waals surface area (Å²) in [6, 6.07) is 14.0. The van der Waals surface area contributed by atoms with Crippen molar-refractivity contribution in [2.45, 2.75) is 31.9 Å². The van der Waals surface area contributed by atoms with Crippen molar-refractivity contribution in [3.63, 3.8) is 0 Å². The fraction of sp³-hybridized carbons (Fsp3) is 0.348. The first kappa shape index (κ1) is 18.5. The zero-order valence-corrected chi connectivity index (χ0v) is 17.0. The summed E-state index contributed by atoms with van der Waals surface area (Å²) in [7, 11) is 0. The molecule has 29 heavy (non-hydrogen) atoms. The van der Waals surface area contributed by atoms with Crippen LogP contribution < -0.4 is 10.1 Å². The van der Waals surface area contributed by atoms with Crippen molar-refractivity contribution in [2.24, 2.45) is 0 Å². The Bertz CT molecular complexity index is 989. The van der Waals surface area contributed by atoms with Gasteiger partial charge in [0.05, 0.1) is 17.2 Å². The highest BCUT2D eigenvalue weighted by molar-refractivity contribution is 7.17. The molecule has 0 bridgehead atoms. The van der Waals surface area contributed by atoms with Crippen LogP contribution in [0.2, 0.25) is 0 Å². The van der Waals surface area contributed by atoms with Crippen LogP contribution in [0.3, 0.4) is 0 Å². The lowest BCUT2D eigenvalue weighted by Crippen LogP contribution is -2.40. The smallest absolute Gasteiger partial charge is 0.261 e. The van der Waals surface area contributed by atoms with Crippen molar-refractivity contribution in [2.75, 3.05) is 19.6 Å². The second kappa shape index (κ2) is 8.05. The van der Waals surface area contributed by atoms with E-state index in [4.69, 9.17) is 9.15 Å². The summed E-state index contributed by atoms with van der Waals surface area (Å²) in [6.07, 6.45) is 5.38. The summed E-state index contributed by atoms with van der Waals surface area (Å²) in [5, 5.41) is 3.15. The van der Waals surface area contributed by atoms with Crippen LogP contribution in [0.1, 0.15) is 46.3 Å². The van der Waals surface area contributed by atoms with E-state index >= 15 is 0 Å². The van der Waals surface area contributed by atoms with Crippen LogP contribution in [0.25, 0.3) is 10.4 Å². The quantitative estimate of drug-likeness (QED) is 0.655. The molecule has 2 aliphatic heterocycles. The number of carbonyl (C=O) groups is 1. The van der Waals surface area contributed by atoms with Gasteiger partial charge in [-0.2, -0.15) is 0 Å². The Morgan fingerprint density at radius 1 is 1.14 bits per heavy atom. The van der Waals surface area contributed by atoms with Gasteiger partial charge in [-0.25, -0.2) is 0 Å². The number of rotatable bonds is 5. The van der Waals surface area contributed by atoms with Gasteiger partial charge in [-0.3, -0.25) is 9.69 Å². The largest absolute Gasteiger partial charge is 0.488 e. The normalized spacial score (nSPS) is 17.1. The number of para-hydroxylation sites is 1. The molecule has 0 aliphatic carbocycles. The fourth-order valence-corrected chi connectivity index (χ4v) is 5.32. The first-order valence-electron chi connectivity index (χ1n) is 10.2. The van der Waals surface area contributed by atoms with E-state index in [1.807, 2.05) is 36.4 Å². The Morgan fingerprint density at radius 2 is 2.00 bits per heavy atom. The average molecular weight is 409 g/mol. The summed E-state index contributed by atoms with van der Waals surface area (Å²) >= 11 is 1.54. The number of fused-ring (bicyclic) bond motifs is 3. The van der Waals surface area contributed by atoms with Crippen molar-refractivity contribution in [1.82, 2.24) is 10.2 Å². The van der Waals surface area contributed by atoms with Gasteiger partial charge in [0, 0.05) is 22.5 Å². The Hall–Kier alpha value is -2.57. The molecule has 0 spiro atoms. The monoisotopic (exact) mass is 408 g/mol. The molecule has 6 heteroatoms. The number of thiophene rings is 1. The molecule has 1 unspecified atom stereocenters. The standard InChI is InChI=1S/C23H24N2O3S/c26-23(21-13-16-15-28-19-8-3-2-7-17(19)22(16)29-21)24-14-18(20-9-6-12-27-20)25-10-4-1-5-11-25/h2-3,6-9,12-13,18H,1,4-5,10-11,14-15H2,(H,24,26). The zero-order chi connectivity index (χ0) is 19.6. The minimum absolute atomic E-state index is 0.0320. The molecule has 0 saturated carbocycles. The summed E-state index contributed by atoms with van der Waals surface area (Å²) in [5.74, 6) is 1.77. The van der Waals surface area contributed by atoms with Crippen LogP contribution in [-0.2, 0) is 6.61 Å². The van der Waals surface area contributed by atoms with Crippen LogP contribution in [-0.4, -0.2) is 30.4 Å². The molecule has 1 amide bonds. The number of hydrogen-bond acceptors (Lipinski definition) is 5. The maximum atomic E-state index is 12.9. The topological polar surface area (TPSA) is 54.7 Å². The van der Waals surface area contributed by atoms with E-state index in [1.54, 1.807) is 17.6 Å². The van der Waals surface area contributed by atoms with Crippen LogP contribution in [0.5, 0.6) is 5.75 Å². The third kappa shape index (κ3) is 3.70. The molecular weight excluding hydrogens is 384 g/mol. The number of hydrogen-bond donors (Lipinski definition) is 1. The molecule has 1 aromatic carbocycles. The van der Waals surface area contributed by atoms with Gasteiger partial charge in [-0.05, 0) is 56.3 Å². The number of carbonyl (C=O) groups excluding carboxylic acids is 1. The maximum absolute atomic E-state index is 12.9. The van der Waals surface area contributed by atoms with Crippen molar-refractivity contribution in [3.05, 3.63) is 64.9 Å². The van der Waals surface area contributed by atoms with E-state index in [-0.39, 0.29) is 11.9 Å². The van der Waals surface area contributed by atoms with E-state index in [1.165, 1.54) is 19.3 Å². The first-order valence-corrected chi connectivity index (χ1v) is 11.0. The van der Waals surface area contributed by atoms with Gasteiger partial charge in [0.15, 0.2) is 0 Å². The van der Waals surface area contributed by atoms with Gasteiger partial charge in [-0.15, -0.1) is 11.3 Å². The van der Waals surface area contributed by atoms with E-state index in [0.29, 0.717) is 13.2 Å². The van der Waals surface area contributed by atoms with E-state index < -0.39 is 0 Å². The van der Waals surface area contributed by atoms with Gasteiger partial charge in [0.1, 0.15) is 18.1 Å². The molecule has 4 heterocycles. The highest BCUT2D eigenvalue weighted by Gasteiger charge is 2.26. The summed E-state index contributed by atoms with van der Waals surface area (Å²) < 4.78 is 11.5. The predicted molar refractivity (Wildman–Crippen MR) is 113 cm³/mol. The second-order valence-corrected chi connectivity index (χ2v) is 8.64. The zero-order valence-electron chi connectivity index (χ0n) is 16.2. The minimum Gasteiger partial charge on any atom is -0.488 e. The molecule has 3 aromatic rings. The fourth-order valence-electron chi connectivity index (χ4n) is 4.21. The molecule has 1 fully saturated rings. The number of nitrogens with one attached hydrogen (secondary N) is 1. The van der Waals surface area contributed by atoms with Gasteiger partial charge in [0.25, 0.3) is 5.91 Å². The van der Waals surface area contributed by atoms with E-state index in [9.17, 15) is 4.79 Å². The Kier molecular flexibility index (Phi) is 5.12. The maximum Gasteiger partial charge on any atom is 0.261 e. The van der Waals surface area contributed by atoms with Gasteiger partial charge in [-0.1, -0.05) is 18.6 Å².